The SMILES string of the molecule is C=C(C)c1cc(N2CCN(C(=O)OCc3ccccc3)CC2)cc(-c2ccc(F)cc2)n1.CC(C)(C)OC(=O)N1CCN(c2cc(Cl)nc(-c3ccc(F)cc3)c2)CC1.CC(C)(C)OC(=O)N1CCN(c2cc(Cl)nc(Cl)c2)CC1.O=C(OCc1ccccc1)N1CCN(c2cc(Cl)nc(-c3ccc(F)cc3)c2)CC1.O=[N+]([O-])c1cc(Cl)nc(Cl)c1. The smallest absolute Gasteiger partial charge is 0.410 e. The minimum atomic E-state index is -0.584. The monoisotopic (exact) mass is 1770 g/mol. The van der Waals surface area contributed by atoms with E-state index in [2.05, 4.69) is 46.1 Å². The summed E-state index contributed by atoms with van der Waals surface area (Å²) in [5.74, 6) is -0.865. The number of allylic oxidation sites excluding steroid dienone is 1. The van der Waals surface area contributed by atoms with Crippen LogP contribution in [-0.2, 0) is 32.2 Å². The number of carbonyl (C=O) groups excluding carboxylic acids is 4. The maximum Gasteiger partial charge on any atom is 0.410 e. The van der Waals surface area contributed by atoms with Crippen LogP contribution in [0.15, 0.2) is 201 Å². The van der Waals surface area contributed by atoms with Crippen LogP contribution < -0.4 is 19.6 Å². The van der Waals surface area contributed by atoms with Gasteiger partial charge < -0.3 is 58.1 Å². The van der Waals surface area contributed by atoms with Gasteiger partial charge in [0.1, 0.15) is 72.8 Å². The van der Waals surface area contributed by atoms with Gasteiger partial charge in [-0.3, -0.25) is 10.1 Å². The summed E-state index contributed by atoms with van der Waals surface area (Å²) >= 11 is 35.1. The normalized spacial score (nSPS) is 14.1. The van der Waals surface area contributed by atoms with E-state index < -0.39 is 16.1 Å². The third-order valence-electron chi connectivity index (χ3n) is 18.7. The van der Waals surface area contributed by atoms with E-state index in [0.29, 0.717) is 137 Å². The molecule has 4 aliphatic heterocycles. The largest absolute Gasteiger partial charge is 0.445 e. The van der Waals surface area contributed by atoms with E-state index in [9.17, 15) is 42.5 Å². The molecular weight excluding hydrogens is 1680 g/mol. The first kappa shape index (κ1) is 92.1. The molecule has 636 valence electrons. The molecule has 4 amide bonds. The Morgan fingerprint density at radius 1 is 0.380 bits per heavy atom. The molecule has 4 aliphatic rings. The van der Waals surface area contributed by atoms with Crippen LogP contribution in [0.5, 0.6) is 0 Å². The van der Waals surface area contributed by atoms with Gasteiger partial charge >= 0.3 is 24.4 Å². The van der Waals surface area contributed by atoms with E-state index >= 15 is 0 Å². The molecule has 0 radical (unpaired) electrons. The number of anilines is 4. The number of piperazine rings is 4. The summed E-state index contributed by atoms with van der Waals surface area (Å²) in [4.78, 5) is 95.0. The van der Waals surface area contributed by atoms with Crippen molar-refractivity contribution in [3.05, 3.63) is 276 Å². The lowest BCUT2D eigenvalue weighted by atomic mass is 10.1. The van der Waals surface area contributed by atoms with Gasteiger partial charge in [-0.15, -0.1) is 0 Å². The van der Waals surface area contributed by atoms with Crippen LogP contribution in [0.25, 0.3) is 39.3 Å². The van der Waals surface area contributed by atoms with Gasteiger partial charge in [0.2, 0.25) is 0 Å². The van der Waals surface area contributed by atoms with Crippen LogP contribution in [-0.4, -0.2) is 190 Å². The van der Waals surface area contributed by atoms with Crippen LogP contribution in [0.4, 0.5) is 60.8 Å². The highest BCUT2D eigenvalue weighted by Crippen LogP contribution is 2.33. The van der Waals surface area contributed by atoms with E-state index in [1.807, 2.05) is 133 Å². The second-order valence-electron chi connectivity index (χ2n) is 30.1. The van der Waals surface area contributed by atoms with E-state index in [4.69, 9.17) is 93.5 Å². The zero-order valence-corrected chi connectivity index (χ0v) is 72.2. The van der Waals surface area contributed by atoms with E-state index in [1.54, 1.807) is 80.3 Å². The first-order chi connectivity index (χ1) is 57.6. The number of nitro groups is 1. The fourth-order valence-electron chi connectivity index (χ4n) is 12.6. The topological polar surface area (TPSA) is 239 Å². The first-order valence-electron chi connectivity index (χ1n) is 38.6. The molecule has 0 unspecified atom stereocenters. The number of benzene rings is 5. The second-order valence-corrected chi connectivity index (χ2v) is 32.4. The number of halogens is 9. The van der Waals surface area contributed by atoms with Gasteiger partial charge in [-0.2, -0.15) is 0 Å². The van der Waals surface area contributed by atoms with Crippen molar-refractivity contribution in [3.63, 3.8) is 0 Å². The van der Waals surface area contributed by atoms with Crippen molar-refractivity contribution < 1.29 is 56.2 Å². The minimum absolute atomic E-state index is 0.0178. The molecule has 121 heavy (non-hydrogen) atoms. The maximum absolute atomic E-state index is 13.3. The third kappa shape index (κ3) is 29.0. The molecule has 10 aromatic rings. The third-order valence-corrected chi connectivity index (χ3v) is 19.9. The molecule has 5 aromatic heterocycles. The van der Waals surface area contributed by atoms with Crippen molar-refractivity contribution in [2.24, 2.45) is 0 Å². The lowest BCUT2D eigenvalue weighted by molar-refractivity contribution is -0.384. The summed E-state index contributed by atoms with van der Waals surface area (Å²) in [5, 5.41) is 11.7. The summed E-state index contributed by atoms with van der Waals surface area (Å²) in [5.41, 5.74) is 10.8. The highest BCUT2D eigenvalue weighted by Gasteiger charge is 2.30. The van der Waals surface area contributed by atoms with Crippen LogP contribution in [0.3, 0.4) is 0 Å². The Labute approximate surface area is 731 Å². The first-order valence-corrected chi connectivity index (χ1v) is 40.9. The van der Waals surface area contributed by atoms with Gasteiger partial charge in [0.25, 0.3) is 5.69 Å². The average molecular weight is 1770 g/mol. The van der Waals surface area contributed by atoms with Gasteiger partial charge in [-0.25, -0.2) is 57.3 Å². The fourth-order valence-corrected chi connectivity index (χ4v) is 13.9. The van der Waals surface area contributed by atoms with Crippen LogP contribution >= 0.6 is 69.6 Å². The van der Waals surface area contributed by atoms with Gasteiger partial charge in [0.15, 0.2) is 0 Å². The number of nitrogens with zero attached hydrogens (tertiary/aromatic N) is 14. The Morgan fingerprint density at radius 3 is 0.934 bits per heavy atom. The highest BCUT2D eigenvalue weighted by molar-refractivity contribution is 6.33. The molecule has 0 aliphatic carbocycles. The molecular formula is C88H91Cl6F3N14O10. The Hall–Kier alpha value is -11.2. The van der Waals surface area contributed by atoms with Crippen LogP contribution in [0.2, 0.25) is 30.9 Å². The summed E-state index contributed by atoms with van der Waals surface area (Å²) in [6, 6.07) is 55.2. The minimum Gasteiger partial charge on any atom is -0.445 e. The van der Waals surface area contributed by atoms with Gasteiger partial charge in [0.05, 0.1) is 39.8 Å². The molecule has 4 saturated heterocycles. The summed E-state index contributed by atoms with van der Waals surface area (Å²) in [6.45, 7) is 27.7. The second kappa shape index (κ2) is 43.3. The summed E-state index contributed by atoms with van der Waals surface area (Å²) < 4.78 is 61.4. The Balaban J connectivity index is 0.000000164. The predicted molar refractivity (Wildman–Crippen MR) is 470 cm³/mol. The Morgan fingerprint density at radius 2 is 0.645 bits per heavy atom. The van der Waals surface area contributed by atoms with Crippen molar-refractivity contribution >= 4 is 128 Å². The molecule has 0 bridgehead atoms. The number of aromatic nitrogens is 5. The zero-order valence-electron chi connectivity index (χ0n) is 67.7. The number of carbonyl (C=O) groups is 4. The molecule has 0 atom stereocenters. The molecule has 14 rings (SSSR count). The van der Waals surface area contributed by atoms with E-state index in [0.717, 1.165) is 79.7 Å². The van der Waals surface area contributed by atoms with Crippen molar-refractivity contribution in [2.75, 3.05) is 124 Å². The van der Waals surface area contributed by atoms with Crippen LogP contribution in [0, 0.1) is 27.6 Å². The molecule has 0 saturated carbocycles. The molecule has 4 fully saturated rings. The fraction of sp³-hybridized carbons (Fsp3) is 0.307. The molecule has 33 heteroatoms. The lowest BCUT2D eigenvalue weighted by Gasteiger charge is -2.36. The molecule has 5 aromatic carbocycles. The highest BCUT2D eigenvalue weighted by atomic mass is 35.5. The van der Waals surface area contributed by atoms with Crippen molar-refractivity contribution in [1.82, 2.24) is 44.5 Å². The van der Waals surface area contributed by atoms with Gasteiger partial charge in [0, 0.05) is 144 Å². The standard InChI is InChI=1S/C26H26FN3O2.C23H21ClFN3O2.C20H23ClFN3O2.C14H19Cl2N3O2.C5H2Cl2N2O2/c1-19(2)24-16-23(17-25(28-24)21-8-10-22(27)11-9-21)29-12-14-30(15-13-29)26(31)32-18-20-6-4-3-5-7-20;24-22-15-20(14-21(26-22)18-6-8-19(25)9-7-18)27-10-12-28(13-11-27)23(29)30-16-17-4-2-1-3-5-17;1-20(2,3)27-19(26)25-10-8-24(9-11-25)16-12-17(23-18(21)13-16)14-4-6-15(22)7-5-14;1-14(2,3)21-13(20)19-6-4-18(5-7-19)10-8-11(15)17-12(16)9-10;6-4-1-3(9(10)11)2-5(7)8-4/h3-11,16-17H,1,12-15,18H2,2H3;1-9,14-15H,10-13,16H2;4-7,12-13H,8-11H2,1-3H3;8-9H,4-7H2,1-3H3;1-2H. The average Bonchev–Trinajstić information content (AvgIpc) is 0.818. The number of hydrogen-bond acceptors (Lipinski definition) is 19. The Kier molecular flexibility index (Phi) is 33.0. The number of hydrogen-bond donors (Lipinski definition) is 0. The van der Waals surface area contributed by atoms with E-state index in [1.165, 1.54) is 36.4 Å². The quantitative estimate of drug-likeness (QED) is 0.0451. The maximum atomic E-state index is 13.3. The molecule has 24 nitrogen and oxygen atoms in total. The van der Waals surface area contributed by atoms with Crippen molar-refractivity contribution in [1.29, 1.82) is 0 Å². The Bertz CT molecular complexity index is 5140. The van der Waals surface area contributed by atoms with Crippen LogP contribution in [0.1, 0.15) is 65.3 Å². The van der Waals surface area contributed by atoms with Crippen molar-refractivity contribution in [3.8, 4) is 33.8 Å². The molecule has 0 spiro atoms. The number of rotatable bonds is 13. The summed E-state index contributed by atoms with van der Waals surface area (Å²) in [7, 11) is 0. The predicted octanol–water partition coefficient (Wildman–Crippen LogP) is 20.7. The summed E-state index contributed by atoms with van der Waals surface area (Å²) in [6.07, 6.45) is -1.16. The van der Waals surface area contributed by atoms with Crippen molar-refractivity contribution in [2.45, 2.75) is 72.9 Å². The number of amides is 4. The van der Waals surface area contributed by atoms with Gasteiger partial charge in [-0.05, 0) is 186 Å². The van der Waals surface area contributed by atoms with Gasteiger partial charge in [-0.1, -0.05) is 137 Å². The lowest BCUT2D eigenvalue weighted by Crippen LogP contribution is -2.50. The number of ether oxygens (including phenoxy) is 4. The zero-order chi connectivity index (χ0) is 87.1. The number of pyridine rings is 5. The van der Waals surface area contributed by atoms with E-state index in [-0.39, 0.29) is 71.0 Å². The molecule has 0 N–H and O–H groups in total. The molecule has 9 heterocycles.